The summed E-state index contributed by atoms with van der Waals surface area (Å²) in [5, 5.41) is 9.25. The lowest BCUT2D eigenvalue weighted by Crippen LogP contribution is -2.35. The number of hydrogen-bond donors (Lipinski definition) is 1. The lowest BCUT2D eigenvalue weighted by atomic mass is 9.99. The average molecular weight is 224 g/mol. The first-order valence-corrected chi connectivity index (χ1v) is 5.85. The van der Waals surface area contributed by atoms with Crippen molar-refractivity contribution in [2.45, 2.75) is 24.0 Å². The smallest absolute Gasteiger partial charge is 0.320 e. The minimum Gasteiger partial charge on any atom is -0.480 e. The first-order valence-electron chi connectivity index (χ1n) is 4.86. The molecule has 1 aliphatic heterocycles. The summed E-state index contributed by atoms with van der Waals surface area (Å²) < 4.78 is -0.693. The van der Waals surface area contributed by atoms with E-state index in [4.69, 9.17) is 0 Å². The molecule has 0 spiro atoms. The van der Waals surface area contributed by atoms with E-state index in [2.05, 4.69) is 9.97 Å². The van der Waals surface area contributed by atoms with Crippen LogP contribution in [-0.2, 0) is 11.2 Å². The summed E-state index contributed by atoms with van der Waals surface area (Å²) >= 11 is 1.51. The van der Waals surface area contributed by atoms with Crippen LogP contribution >= 0.6 is 11.8 Å². The van der Waals surface area contributed by atoms with Crippen molar-refractivity contribution in [3.63, 3.8) is 0 Å². The number of nitrogens with zero attached hydrogens (tertiary/aromatic N) is 2. The Hall–Kier alpha value is -1.10. The summed E-state index contributed by atoms with van der Waals surface area (Å²) in [5.74, 6) is 0.797. The Bertz CT molecular complexity index is 350. The van der Waals surface area contributed by atoms with Crippen LogP contribution in [0.25, 0.3) is 0 Å². The minimum atomic E-state index is -0.738. The fourth-order valence-corrected chi connectivity index (χ4v) is 3.08. The standard InChI is InChI=1S/C10H12N2O2S/c13-9(14)10(3-1-6-15-10)7-8-11-4-2-5-12-8/h2,4-5H,1,3,6-7H2,(H,13,14). The first kappa shape index (κ1) is 10.4. The summed E-state index contributed by atoms with van der Waals surface area (Å²) in [6.07, 6.45) is 5.40. The van der Waals surface area contributed by atoms with Crippen molar-refractivity contribution in [1.29, 1.82) is 0 Å². The van der Waals surface area contributed by atoms with Gasteiger partial charge in [-0.15, -0.1) is 11.8 Å². The maximum Gasteiger partial charge on any atom is 0.320 e. The molecule has 1 aliphatic rings. The molecular weight excluding hydrogens is 212 g/mol. The lowest BCUT2D eigenvalue weighted by Gasteiger charge is -2.21. The summed E-state index contributed by atoms with van der Waals surface area (Å²) in [7, 11) is 0. The molecule has 1 fully saturated rings. The fraction of sp³-hybridized carbons (Fsp3) is 0.500. The monoisotopic (exact) mass is 224 g/mol. The van der Waals surface area contributed by atoms with Gasteiger partial charge in [0.25, 0.3) is 0 Å². The van der Waals surface area contributed by atoms with Crippen molar-refractivity contribution >= 4 is 17.7 Å². The highest BCUT2D eigenvalue weighted by Gasteiger charge is 2.42. The number of carboxylic acid groups (broad SMARTS) is 1. The third-order valence-electron chi connectivity index (χ3n) is 2.56. The molecule has 1 aromatic heterocycles. The van der Waals surface area contributed by atoms with E-state index in [0.717, 1.165) is 12.2 Å². The van der Waals surface area contributed by atoms with Crippen LogP contribution in [0, 0.1) is 0 Å². The van der Waals surface area contributed by atoms with Crippen molar-refractivity contribution in [1.82, 2.24) is 9.97 Å². The lowest BCUT2D eigenvalue weighted by molar-refractivity contribution is -0.139. The highest BCUT2D eigenvalue weighted by molar-refractivity contribution is 8.01. The Balaban J connectivity index is 2.18. The molecule has 80 valence electrons. The molecule has 2 heterocycles. The number of aliphatic carboxylic acids is 1. The summed E-state index contributed by atoms with van der Waals surface area (Å²) in [4.78, 5) is 19.4. The van der Waals surface area contributed by atoms with Crippen LogP contribution in [0.3, 0.4) is 0 Å². The van der Waals surface area contributed by atoms with Gasteiger partial charge in [0.2, 0.25) is 0 Å². The van der Waals surface area contributed by atoms with E-state index in [1.165, 1.54) is 11.8 Å². The molecule has 0 saturated carbocycles. The van der Waals surface area contributed by atoms with Crippen molar-refractivity contribution in [2.75, 3.05) is 5.75 Å². The minimum absolute atomic E-state index is 0.424. The van der Waals surface area contributed by atoms with Crippen molar-refractivity contribution in [3.8, 4) is 0 Å². The van der Waals surface area contributed by atoms with E-state index in [9.17, 15) is 9.90 Å². The maximum atomic E-state index is 11.3. The van der Waals surface area contributed by atoms with E-state index in [1.54, 1.807) is 18.5 Å². The second-order valence-corrected chi connectivity index (χ2v) is 5.07. The molecule has 1 unspecified atom stereocenters. The second-order valence-electron chi connectivity index (χ2n) is 3.59. The zero-order valence-corrected chi connectivity index (χ0v) is 9.04. The predicted octanol–water partition coefficient (Wildman–Crippen LogP) is 1.37. The van der Waals surface area contributed by atoms with Gasteiger partial charge in [0, 0.05) is 18.8 Å². The normalized spacial score (nSPS) is 25.3. The largest absolute Gasteiger partial charge is 0.480 e. The molecule has 15 heavy (non-hydrogen) atoms. The summed E-state index contributed by atoms with van der Waals surface area (Å²) in [6.45, 7) is 0. The van der Waals surface area contributed by atoms with E-state index >= 15 is 0 Å². The van der Waals surface area contributed by atoms with E-state index in [1.807, 2.05) is 0 Å². The first-order chi connectivity index (χ1) is 7.23. The molecule has 1 saturated heterocycles. The van der Waals surface area contributed by atoms with Crippen LogP contribution in [0.15, 0.2) is 18.5 Å². The molecule has 2 rings (SSSR count). The van der Waals surface area contributed by atoms with E-state index in [-0.39, 0.29) is 0 Å². The van der Waals surface area contributed by atoms with Crippen molar-refractivity contribution < 1.29 is 9.90 Å². The third kappa shape index (κ3) is 2.12. The van der Waals surface area contributed by atoms with Gasteiger partial charge in [-0.25, -0.2) is 9.97 Å². The maximum absolute atomic E-state index is 11.3. The molecular formula is C10H12N2O2S. The fourth-order valence-electron chi connectivity index (χ4n) is 1.76. The van der Waals surface area contributed by atoms with Gasteiger partial charge in [-0.2, -0.15) is 0 Å². The average Bonchev–Trinajstić information content (AvgIpc) is 2.69. The van der Waals surface area contributed by atoms with Crippen LogP contribution in [-0.4, -0.2) is 31.5 Å². The number of hydrogen-bond acceptors (Lipinski definition) is 4. The Labute approximate surface area is 92.1 Å². The Morgan fingerprint density at radius 2 is 2.27 bits per heavy atom. The molecule has 0 amide bonds. The Kier molecular flexibility index (Phi) is 2.90. The van der Waals surface area contributed by atoms with Gasteiger partial charge in [0.05, 0.1) is 0 Å². The Morgan fingerprint density at radius 1 is 1.53 bits per heavy atom. The van der Waals surface area contributed by atoms with Gasteiger partial charge < -0.3 is 5.11 Å². The number of rotatable bonds is 3. The van der Waals surface area contributed by atoms with E-state index in [0.29, 0.717) is 18.7 Å². The quantitative estimate of drug-likeness (QED) is 0.840. The molecule has 1 N–H and O–H groups in total. The van der Waals surface area contributed by atoms with E-state index < -0.39 is 10.7 Å². The summed E-state index contributed by atoms with van der Waals surface area (Å²) in [6, 6.07) is 1.73. The molecule has 0 radical (unpaired) electrons. The van der Waals surface area contributed by atoms with Crippen LogP contribution in [0.5, 0.6) is 0 Å². The SMILES string of the molecule is O=C(O)C1(Cc2ncccn2)CCCS1. The second kappa shape index (κ2) is 4.18. The van der Waals surface area contributed by atoms with Crippen LogP contribution in [0.4, 0.5) is 0 Å². The zero-order valence-electron chi connectivity index (χ0n) is 8.22. The molecule has 5 heteroatoms. The number of aromatic nitrogens is 2. The molecule has 0 aliphatic carbocycles. The molecule has 1 aromatic rings. The van der Waals surface area contributed by atoms with Crippen LogP contribution in [0.2, 0.25) is 0 Å². The highest BCUT2D eigenvalue weighted by atomic mass is 32.2. The van der Waals surface area contributed by atoms with Gasteiger partial charge in [0.15, 0.2) is 0 Å². The Morgan fingerprint density at radius 3 is 2.80 bits per heavy atom. The summed E-state index contributed by atoms with van der Waals surface area (Å²) in [5.41, 5.74) is 0. The number of carbonyl (C=O) groups is 1. The third-order valence-corrected chi connectivity index (χ3v) is 4.12. The highest BCUT2D eigenvalue weighted by Crippen LogP contribution is 2.40. The molecule has 0 bridgehead atoms. The van der Waals surface area contributed by atoms with Crippen LogP contribution in [0.1, 0.15) is 18.7 Å². The van der Waals surface area contributed by atoms with Gasteiger partial charge in [-0.3, -0.25) is 4.79 Å². The van der Waals surface area contributed by atoms with Gasteiger partial charge in [-0.05, 0) is 24.7 Å². The van der Waals surface area contributed by atoms with Crippen molar-refractivity contribution in [2.24, 2.45) is 0 Å². The molecule has 0 aromatic carbocycles. The molecule has 4 nitrogen and oxygen atoms in total. The van der Waals surface area contributed by atoms with Gasteiger partial charge in [0.1, 0.15) is 10.6 Å². The number of thioether (sulfide) groups is 1. The van der Waals surface area contributed by atoms with Crippen LogP contribution < -0.4 is 0 Å². The van der Waals surface area contributed by atoms with Gasteiger partial charge >= 0.3 is 5.97 Å². The topological polar surface area (TPSA) is 63.1 Å². The molecule has 1 atom stereocenters. The van der Waals surface area contributed by atoms with Gasteiger partial charge in [-0.1, -0.05) is 0 Å². The zero-order chi connectivity index (χ0) is 10.7. The predicted molar refractivity (Wildman–Crippen MR) is 57.8 cm³/mol. The van der Waals surface area contributed by atoms with Crippen molar-refractivity contribution in [3.05, 3.63) is 24.3 Å². The number of carboxylic acids is 1.